The third-order valence-electron chi connectivity index (χ3n) is 1.85. The number of methoxy groups -OCH3 is 1. The first-order valence-electron chi connectivity index (χ1n) is 5.31. The van der Waals surface area contributed by atoms with Gasteiger partial charge in [-0.15, -0.1) is 0 Å². The van der Waals surface area contributed by atoms with Crippen LogP contribution in [0.1, 0.15) is 20.3 Å². The molecule has 0 aliphatic rings. The van der Waals surface area contributed by atoms with E-state index in [9.17, 15) is 9.59 Å². The van der Waals surface area contributed by atoms with Crippen LogP contribution in [0.25, 0.3) is 0 Å². The molecule has 0 aliphatic heterocycles. The Hall–Kier alpha value is -1.31. The summed E-state index contributed by atoms with van der Waals surface area (Å²) in [6.45, 7) is 2.99. The van der Waals surface area contributed by atoms with Gasteiger partial charge in [0.1, 0.15) is 0 Å². The minimum absolute atomic E-state index is 0.255. The molecule has 0 N–H and O–H groups in total. The van der Waals surface area contributed by atoms with E-state index >= 15 is 0 Å². The predicted molar refractivity (Wildman–Crippen MR) is 73.9 cm³/mol. The average Bonchev–Trinajstić information content (AvgIpc) is 2.37. The third kappa shape index (κ3) is 4.52. The number of carbonyl (C=O) groups is 2. The molecule has 1 aromatic carbocycles. The third-order valence-corrected chi connectivity index (χ3v) is 5.50. The van der Waals surface area contributed by atoms with Crippen LogP contribution in [0.4, 0.5) is 0 Å². The van der Waals surface area contributed by atoms with Crippen LogP contribution < -0.4 is 4.74 Å². The number of carbonyl (C=O) groups excluding carboxylic acids is 2. The molecule has 0 radical (unpaired) electrons. The van der Waals surface area contributed by atoms with Gasteiger partial charge in [0.05, 0.1) is 0 Å². The zero-order valence-electron chi connectivity index (χ0n) is 10.4. The van der Waals surface area contributed by atoms with Crippen molar-refractivity contribution in [1.82, 2.24) is 0 Å². The number of hydrogen-bond acceptors (Lipinski definition) is 5. The Balaban J connectivity index is 2.86. The normalized spacial score (nSPS) is 10.5. The SMILES string of the molecule is CCC(=O)OI(OC(C)=O)c1ccc(OC)cc1. The molecular formula is C12H15IO5. The van der Waals surface area contributed by atoms with Crippen molar-refractivity contribution in [3.8, 4) is 5.75 Å². The maximum absolute atomic E-state index is 11.3. The Bertz CT molecular complexity index is 415. The fourth-order valence-corrected chi connectivity index (χ4v) is 3.88. The molecule has 0 aromatic heterocycles. The topological polar surface area (TPSA) is 61.8 Å². The summed E-state index contributed by atoms with van der Waals surface area (Å²) in [6, 6.07) is 6.97. The molecule has 0 heterocycles. The van der Waals surface area contributed by atoms with Gasteiger partial charge in [-0.25, -0.2) is 0 Å². The summed E-state index contributed by atoms with van der Waals surface area (Å²) >= 11 is -2.70. The quantitative estimate of drug-likeness (QED) is 0.750. The number of hydrogen-bond donors (Lipinski definition) is 0. The minimum atomic E-state index is -2.70. The maximum atomic E-state index is 11.3. The standard InChI is InChI=1S/C12H15IO5/c1-4-12(15)18-13(17-9(2)14)10-5-7-11(16-3)8-6-10/h5-8H,4H2,1-3H3. The molecule has 0 saturated heterocycles. The van der Waals surface area contributed by atoms with Crippen molar-refractivity contribution in [2.45, 2.75) is 20.3 Å². The average molecular weight is 366 g/mol. The zero-order chi connectivity index (χ0) is 13.5. The van der Waals surface area contributed by atoms with Gasteiger partial charge in [0.15, 0.2) is 0 Å². The van der Waals surface area contributed by atoms with Crippen LogP contribution in [0.2, 0.25) is 0 Å². The first-order chi connectivity index (χ1) is 8.56. The molecule has 1 rings (SSSR count). The van der Waals surface area contributed by atoms with E-state index in [4.69, 9.17) is 10.9 Å². The molecule has 0 saturated carbocycles. The molecule has 0 spiro atoms. The Morgan fingerprint density at radius 2 is 1.78 bits per heavy atom. The van der Waals surface area contributed by atoms with Gasteiger partial charge in [-0.05, 0) is 0 Å². The van der Waals surface area contributed by atoms with Crippen molar-refractivity contribution in [2.24, 2.45) is 0 Å². The van der Waals surface area contributed by atoms with Crippen molar-refractivity contribution >= 4 is 32.6 Å². The van der Waals surface area contributed by atoms with Crippen molar-refractivity contribution in [2.75, 3.05) is 7.11 Å². The van der Waals surface area contributed by atoms with Crippen LogP contribution in [-0.2, 0) is 15.7 Å². The van der Waals surface area contributed by atoms with Crippen molar-refractivity contribution in [3.05, 3.63) is 27.8 Å². The van der Waals surface area contributed by atoms with Crippen molar-refractivity contribution in [3.63, 3.8) is 0 Å². The van der Waals surface area contributed by atoms with Crippen LogP contribution in [0.3, 0.4) is 0 Å². The Kier molecular flexibility index (Phi) is 5.90. The second kappa shape index (κ2) is 7.20. The fourth-order valence-electron chi connectivity index (χ4n) is 1.01. The second-order valence-corrected chi connectivity index (χ2v) is 6.61. The predicted octanol–water partition coefficient (Wildman–Crippen LogP) is 2.72. The summed E-state index contributed by atoms with van der Waals surface area (Å²) in [5.74, 6) is -0.114. The molecule has 5 nitrogen and oxygen atoms in total. The van der Waals surface area contributed by atoms with Gasteiger partial charge in [0, 0.05) is 0 Å². The summed E-state index contributed by atoms with van der Waals surface area (Å²) < 4.78 is 16.1. The molecule has 18 heavy (non-hydrogen) atoms. The van der Waals surface area contributed by atoms with Crippen molar-refractivity contribution in [1.29, 1.82) is 0 Å². The van der Waals surface area contributed by atoms with Crippen molar-refractivity contribution < 1.29 is 20.5 Å². The van der Waals surface area contributed by atoms with Gasteiger partial charge in [-0.1, -0.05) is 0 Å². The van der Waals surface area contributed by atoms with E-state index in [-0.39, 0.29) is 12.4 Å². The van der Waals surface area contributed by atoms with E-state index in [0.717, 1.165) is 3.57 Å². The summed E-state index contributed by atoms with van der Waals surface area (Å²) in [5.41, 5.74) is 0. The number of benzene rings is 1. The van der Waals surface area contributed by atoms with E-state index < -0.39 is 26.6 Å². The molecular weight excluding hydrogens is 351 g/mol. The summed E-state index contributed by atoms with van der Waals surface area (Å²) in [5, 5.41) is 0. The number of ether oxygens (including phenoxy) is 1. The fraction of sp³-hybridized carbons (Fsp3) is 0.333. The van der Waals surface area contributed by atoms with Crippen LogP contribution in [-0.4, -0.2) is 19.0 Å². The molecule has 6 heteroatoms. The Morgan fingerprint density at radius 1 is 1.17 bits per heavy atom. The Morgan fingerprint density at radius 3 is 2.22 bits per heavy atom. The summed E-state index contributed by atoms with van der Waals surface area (Å²) in [7, 11) is 1.56. The molecule has 0 fully saturated rings. The molecule has 0 aliphatic carbocycles. The molecule has 1 aromatic rings. The van der Waals surface area contributed by atoms with Gasteiger partial charge < -0.3 is 0 Å². The molecule has 0 amide bonds. The zero-order valence-corrected chi connectivity index (χ0v) is 12.6. The van der Waals surface area contributed by atoms with Crippen LogP contribution >= 0.6 is 20.6 Å². The van der Waals surface area contributed by atoms with E-state index in [1.165, 1.54) is 6.92 Å². The van der Waals surface area contributed by atoms with E-state index in [2.05, 4.69) is 0 Å². The monoisotopic (exact) mass is 366 g/mol. The van der Waals surface area contributed by atoms with Gasteiger partial charge in [0.25, 0.3) is 0 Å². The van der Waals surface area contributed by atoms with Crippen LogP contribution in [0, 0.1) is 3.57 Å². The van der Waals surface area contributed by atoms with Gasteiger partial charge in [0.2, 0.25) is 0 Å². The Labute approximate surface area is 114 Å². The molecule has 0 bridgehead atoms. The van der Waals surface area contributed by atoms with E-state index in [1.807, 2.05) is 0 Å². The van der Waals surface area contributed by atoms with Gasteiger partial charge in [-0.3, -0.25) is 0 Å². The molecule has 0 atom stereocenters. The summed E-state index contributed by atoms with van der Waals surface area (Å²) in [6.07, 6.45) is 0.255. The van der Waals surface area contributed by atoms with Gasteiger partial charge in [-0.2, -0.15) is 0 Å². The molecule has 0 unspecified atom stereocenters. The van der Waals surface area contributed by atoms with E-state index in [1.54, 1.807) is 38.3 Å². The van der Waals surface area contributed by atoms with Crippen LogP contribution in [0.15, 0.2) is 24.3 Å². The second-order valence-electron chi connectivity index (χ2n) is 3.25. The van der Waals surface area contributed by atoms with Gasteiger partial charge >= 0.3 is 114 Å². The number of halogens is 1. The van der Waals surface area contributed by atoms with E-state index in [0.29, 0.717) is 5.75 Å². The molecule has 100 valence electrons. The summed E-state index contributed by atoms with van der Waals surface area (Å²) in [4.78, 5) is 22.3. The first kappa shape index (κ1) is 14.7. The first-order valence-corrected chi connectivity index (χ1v) is 8.15. The number of rotatable bonds is 5. The van der Waals surface area contributed by atoms with Crippen LogP contribution in [0.5, 0.6) is 5.75 Å².